The van der Waals surface area contributed by atoms with Crippen LogP contribution in [0.25, 0.3) is 89.4 Å². The first kappa shape index (κ1) is 81.9. The van der Waals surface area contributed by atoms with Gasteiger partial charge in [0.15, 0.2) is 28.1 Å². The highest BCUT2D eigenvalue weighted by molar-refractivity contribution is 7.14. The molecule has 0 fully saturated rings. The summed E-state index contributed by atoms with van der Waals surface area (Å²) < 4.78 is 20.8. The van der Waals surface area contributed by atoms with Crippen molar-refractivity contribution in [1.29, 1.82) is 0 Å². The van der Waals surface area contributed by atoms with Crippen LogP contribution in [-0.2, 0) is 80.1 Å². The summed E-state index contributed by atoms with van der Waals surface area (Å²) in [5.41, 5.74) is 17.4. The van der Waals surface area contributed by atoms with Crippen LogP contribution in [0.5, 0.6) is 5.88 Å². The number of aryl methyl sites for hydroxylation is 11. The summed E-state index contributed by atoms with van der Waals surface area (Å²) in [6.45, 7) is 9.40. The number of aromatic nitrogens is 21. The van der Waals surface area contributed by atoms with Gasteiger partial charge in [0, 0.05) is 181 Å². The lowest BCUT2D eigenvalue weighted by atomic mass is 9.90. The molecule has 0 bridgehead atoms. The average molecular weight is 1680 g/mol. The number of hydrogen-bond acceptors (Lipinski definition) is 20. The molecule has 4 atom stereocenters. The summed E-state index contributed by atoms with van der Waals surface area (Å²) in [6, 6.07) is 52.3. The third kappa shape index (κ3) is 18.4. The number of imidazole rings is 4. The van der Waals surface area contributed by atoms with E-state index in [4.69, 9.17) is 24.7 Å². The highest BCUT2D eigenvalue weighted by Gasteiger charge is 2.33. The second kappa shape index (κ2) is 36.5. The van der Waals surface area contributed by atoms with E-state index in [1.54, 1.807) is 75.1 Å². The van der Waals surface area contributed by atoms with Gasteiger partial charge in [-0.1, -0.05) is 145 Å². The monoisotopic (exact) mass is 1670 g/mol. The minimum absolute atomic E-state index is 0.0814. The molecular weight excluding hydrogens is 1580 g/mol. The maximum absolute atomic E-state index is 13.3. The van der Waals surface area contributed by atoms with Crippen LogP contribution in [0, 0.1) is 44.4 Å². The van der Waals surface area contributed by atoms with Gasteiger partial charge < -0.3 is 23.0 Å². The zero-order valence-electron chi connectivity index (χ0n) is 70.1. The number of thiazole rings is 1. The number of carbonyl (C=O) groups is 4. The van der Waals surface area contributed by atoms with Gasteiger partial charge in [-0.2, -0.15) is 20.4 Å². The Labute approximate surface area is 720 Å². The molecule has 0 aliphatic carbocycles. The van der Waals surface area contributed by atoms with Gasteiger partial charge in [0.05, 0.1) is 87.9 Å². The summed E-state index contributed by atoms with van der Waals surface area (Å²) in [5, 5.41) is 30.2. The molecule has 4 aliphatic heterocycles. The second-order valence-corrected chi connectivity index (χ2v) is 34.3. The lowest BCUT2D eigenvalue weighted by molar-refractivity contribution is 0.0936. The molecule has 0 radical (unpaired) electrons. The predicted octanol–water partition coefficient (Wildman–Crippen LogP) is 17.2. The number of carbonyl (C=O) groups excluding carboxylic acids is 4. The molecule has 0 N–H and O–H groups in total. The Morgan fingerprint density at radius 2 is 0.691 bits per heavy atom. The number of fused-ring (bicyclic) bond motifs is 4. The molecule has 16 aromatic rings. The number of pyridine rings is 2. The number of ether oxygens (including phenoxy) is 1. The lowest BCUT2D eigenvalue weighted by Gasteiger charge is -2.22. The largest absolute Gasteiger partial charge is 0.481 e. The Bertz CT molecular complexity index is 6270. The average Bonchev–Trinajstić information content (AvgIpc) is 1.68. The summed E-state index contributed by atoms with van der Waals surface area (Å²) in [5.74, 6) is 6.27. The van der Waals surface area contributed by atoms with Crippen molar-refractivity contribution in [2.75, 3.05) is 7.11 Å². The molecule has 12 aromatic heterocycles. The van der Waals surface area contributed by atoms with Crippen molar-refractivity contribution >= 4 is 45.8 Å². The second-order valence-electron chi connectivity index (χ2n) is 32.1. The van der Waals surface area contributed by atoms with E-state index >= 15 is 0 Å². The molecule has 4 aliphatic rings. The number of benzene rings is 4. The van der Waals surface area contributed by atoms with Crippen molar-refractivity contribution in [1.82, 2.24) is 102 Å². The third-order valence-corrected chi connectivity index (χ3v) is 25.1. The quantitative estimate of drug-likeness (QED) is 0.0604. The van der Waals surface area contributed by atoms with Crippen molar-refractivity contribution in [3.8, 4) is 95.3 Å². The van der Waals surface area contributed by atoms with Crippen LogP contribution >= 0.6 is 22.7 Å². The van der Waals surface area contributed by atoms with Crippen LogP contribution in [0.15, 0.2) is 213 Å². The molecule has 622 valence electrons. The zero-order valence-corrected chi connectivity index (χ0v) is 71.7. The number of Topliss-reactive ketones (excluding diaryl/α,β-unsaturated/α-hetero) is 4. The number of methoxy groups -OCH3 is 1. The van der Waals surface area contributed by atoms with Crippen molar-refractivity contribution in [2.24, 2.45) is 51.9 Å². The Kier molecular flexibility index (Phi) is 24.3. The highest BCUT2D eigenvalue weighted by atomic mass is 32.1. The number of hydrogen-bond donors (Lipinski definition) is 0. The smallest absolute Gasteiger partial charge is 0.213 e. The predicted molar refractivity (Wildman–Crippen MR) is 474 cm³/mol. The molecule has 0 amide bonds. The van der Waals surface area contributed by atoms with Crippen molar-refractivity contribution in [2.45, 2.75) is 124 Å². The van der Waals surface area contributed by atoms with E-state index < -0.39 is 0 Å². The van der Waals surface area contributed by atoms with E-state index in [9.17, 15) is 19.2 Å². The molecule has 4 aromatic carbocycles. The maximum Gasteiger partial charge on any atom is 0.213 e. The van der Waals surface area contributed by atoms with Gasteiger partial charge in [0.25, 0.3) is 0 Å². The summed E-state index contributed by atoms with van der Waals surface area (Å²) in [6.07, 6.45) is 24.5. The summed E-state index contributed by atoms with van der Waals surface area (Å²) >= 11 is 3.07. The van der Waals surface area contributed by atoms with Gasteiger partial charge in [-0.15, -0.1) is 21.5 Å². The minimum atomic E-state index is 0.0814. The first-order valence-corrected chi connectivity index (χ1v) is 43.4. The van der Waals surface area contributed by atoms with E-state index in [1.807, 2.05) is 150 Å². The number of ketones is 4. The fraction of sp³-hybridized carbons (Fsp3) is 0.295. The van der Waals surface area contributed by atoms with Gasteiger partial charge in [-0.05, 0) is 88.3 Å². The number of nitrogens with zero attached hydrogens (tertiary/aromatic N) is 21. The van der Waals surface area contributed by atoms with Crippen molar-refractivity contribution < 1.29 is 23.9 Å². The zero-order chi connectivity index (χ0) is 84.8. The molecule has 16 heterocycles. The lowest BCUT2D eigenvalue weighted by Crippen LogP contribution is -2.22. The molecule has 0 saturated heterocycles. The summed E-state index contributed by atoms with van der Waals surface area (Å²) in [7, 11) is 8.85. The topological polar surface area (TPSA) is 285 Å². The molecule has 0 spiro atoms. The summed E-state index contributed by atoms with van der Waals surface area (Å²) in [4.78, 5) is 86.1. The molecule has 0 saturated carbocycles. The molecule has 28 heteroatoms. The van der Waals surface area contributed by atoms with Gasteiger partial charge in [0.1, 0.15) is 51.1 Å². The fourth-order valence-electron chi connectivity index (χ4n) is 17.2. The molecular formula is C95H95N21O5S2. The van der Waals surface area contributed by atoms with Crippen LogP contribution in [-0.4, -0.2) is 133 Å². The van der Waals surface area contributed by atoms with Crippen LogP contribution in [0.4, 0.5) is 0 Å². The standard InChI is InChI=1S/C25H25N5O2.C25H25N5O.C23H23N5OS.C22H22N6OS/c1-29-25(19(15-26-29)20-9-6-10-24(28-20)32-2)22(31)13-17-11-12-30-16-21(27-23(30)14-17)18-7-4-3-5-8-18;1-17-7-6-10-21(27-17)20-15-26-29(2)25(20)23(31)13-18-11-12-30-16-22(28-24(30)14-18)19-8-4-3-5-9-19;1-15-25-20(14-30-15)18-12-24-27(2)23(18)21(29)10-16-8-9-28-13-19(26-22(28)11-16)17-6-4-3-5-7-17;1-14-25-26-22(30-14)17-12-23-27(2)21(17)19(29)10-15-8-9-28-13-18(24-20(28)11-15)16-6-4-3-5-7-16/h3-10,15-17H,11-14H2,1-2H3;3-10,15-16,18H,11-14H2,1-2H3;3-7,12-14,16H,8-11H2,1-2H3;3-7,12-13,15H,8-11H2,1-2H3. The van der Waals surface area contributed by atoms with Crippen LogP contribution < -0.4 is 4.74 Å². The Balaban J connectivity index is 0.000000116. The molecule has 123 heavy (non-hydrogen) atoms. The van der Waals surface area contributed by atoms with E-state index in [0.717, 1.165) is 200 Å². The highest BCUT2D eigenvalue weighted by Crippen LogP contribution is 2.37. The minimum Gasteiger partial charge on any atom is -0.481 e. The van der Waals surface area contributed by atoms with E-state index in [-0.39, 0.29) is 46.8 Å². The van der Waals surface area contributed by atoms with Crippen molar-refractivity contribution in [3.63, 3.8) is 0 Å². The van der Waals surface area contributed by atoms with E-state index in [1.165, 1.54) is 11.3 Å². The fourth-order valence-corrected chi connectivity index (χ4v) is 18.5. The molecule has 4 unspecified atom stereocenters. The van der Waals surface area contributed by atoms with Crippen LogP contribution in [0.1, 0.15) is 132 Å². The van der Waals surface area contributed by atoms with Gasteiger partial charge in [-0.3, -0.25) is 42.9 Å². The van der Waals surface area contributed by atoms with Crippen LogP contribution in [0.2, 0.25) is 0 Å². The van der Waals surface area contributed by atoms with E-state index in [0.29, 0.717) is 60.0 Å². The number of rotatable bonds is 21. The van der Waals surface area contributed by atoms with Crippen LogP contribution in [0.3, 0.4) is 0 Å². The third-order valence-electron chi connectivity index (χ3n) is 23.4. The first-order valence-electron chi connectivity index (χ1n) is 41.7. The normalized spacial score (nSPS) is 15.7. The first-order chi connectivity index (χ1) is 59.9. The van der Waals surface area contributed by atoms with Gasteiger partial charge in [0.2, 0.25) is 5.88 Å². The molecule has 20 rings (SSSR count). The Morgan fingerprint density at radius 3 is 1.02 bits per heavy atom. The SMILES string of the molecule is COc1cccc(-c2cnn(C)c2C(=O)CC2CCn3cc(-c4ccccc4)nc3C2)n1.Cc1cccc(-c2cnn(C)c2C(=O)CC2CCn3cc(-c4ccccc4)nc3C2)n1.Cc1nc(-c2cnn(C)c2C(=O)CC2CCn3cc(-c4ccccc4)nc3C2)cs1.Cc1nnc(-c2cnn(C)c2C(=O)CC2CCn3cc(-c4ccccc4)nc3C2)s1. The Hall–Kier alpha value is -13.5. The maximum atomic E-state index is 13.3. The Morgan fingerprint density at radius 1 is 0.358 bits per heavy atom. The van der Waals surface area contributed by atoms with E-state index in [2.05, 4.69) is 137 Å². The molecule has 26 nitrogen and oxygen atoms in total. The van der Waals surface area contributed by atoms with Gasteiger partial charge >= 0.3 is 0 Å². The van der Waals surface area contributed by atoms with Crippen molar-refractivity contribution in [3.05, 3.63) is 274 Å². The van der Waals surface area contributed by atoms with Gasteiger partial charge in [-0.25, -0.2) is 29.9 Å².